The van der Waals surface area contributed by atoms with E-state index in [-0.39, 0.29) is 23.5 Å². The van der Waals surface area contributed by atoms with E-state index in [1.807, 2.05) is 11.8 Å². The number of piperidine rings is 2. The van der Waals surface area contributed by atoms with Gasteiger partial charge in [-0.25, -0.2) is 4.79 Å². The first-order chi connectivity index (χ1) is 17.0. The van der Waals surface area contributed by atoms with Crippen LogP contribution in [-0.4, -0.2) is 65.7 Å². The zero-order chi connectivity index (χ0) is 24.6. The molecule has 1 spiro atoms. The quantitative estimate of drug-likeness (QED) is 0.632. The van der Waals surface area contributed by atoms with Crippen molar-refractivity contribution < 1.29 is 14.3 Å². The van der Waals surface area contributed by atoms with Crippen molar-refractivity contribution in [3.63, 3.8) is 0 Å². The summed E-state index contributed by atoms with van der Waals surface area (Å²) >= 11 is 0. The van der Waals surface area contributed by atoms with Crippen LogP contribution in [0.5, 0.6) is 0 Å². The highest BCUT2D eigenvalue weighted by molar-refractivity contribution is 6.21. The Morgan fingerprint density at radius 1 is 1.03 bits per heavy atom. The molecule has 1 aromatic rings. The van der Waals surface area contributed by atoms with Gasteiger partial charge in [0.15, 0.2) is 0 Å². The standard InChI is InChI=1S/C29H41N3O3/c1-4-20(5-2)30-27(33)25-19-29(26-10-8-7-9-24(25)26)13-15-31(16-14-29)23-17-21-11-12-22(18-23)32(21)28(34)35-6-3/h7-10,19-23H,4-6,11-18H2,1-3H3,(H,30,33). The Morgan fingerprint density at radius 2 is 1.69 bits per heavy atom. The molecule has 35 heavy (non-hydrogen) atoms. The highest BCUT2D eigenvalue weighted by Gasteiger charge is 2.48. The summed E-state index contributed by atoms with van der Waals surface area (Å²) in [5.74, 6) is 0.0772. The molecule has 2 bridgehead atoms. The SMILES string of the molecule is CCOC(=O)N1C2CCC1CC(N1CCC3(C=C(C(=O)NC(CC)CC)c4ccccc43)CC1)C2. The lowest BCUT2D eigenvalue weighted by atomic mass is 9.74. The molecular formula is C29H41N3O3. The summed E-state index contributed by atoms with van der Waals surface area (Å²) in [7, 11) is 0. The summed E-state index contributed by atoms with van der Waals surface area (Å²) in [6.07, 6.45) is 10.5. The van der Waals surface area contributed by atoms with Crippen molar-refractivity contribution >= 4 is 17.6 Å². The van der Waals surface area contributed by atoms with Crippen molar-refractivity contribution in [3.8, 4) is 0 Å². The molecule has 0 aromatic heterocycles. The van der Waals surface area contributed by atoms with Crippen LogP contribution < -0.4 is 5.32 Å². The Balaban J connectivity index is 1.28. The molecule has 1 N–H and O–H groups in total. The smallest absolute Gasteiger partial charge is 0.410 e. The van der Waals surface area contributed by atoms with Crippen LogP contribution in [0.2, 0.25) is 0 Å². The highest BCUT2D eigenvalue weighted by Crippen LogP contribution is 2.48. The molecular weight excluding hydrogens is 438 g/mol. The number of rotatable bonds is 6. The number of likely N-dealkylation sites (tertiary alicyclic amines) is 1. The second-order valence-electron chi connectivity index (χ2n) is 10.9. The number of fused-ring (bicyclic) bond motifs is 4. The largest absolute Gasteiger partial charge is 0.450 e. The molecule has 5 rings (SSSR count). The summed E-state index contributed by atoms with van der Waals surface area (Å²) in [5.41, 5.74) is 3.26. The van der Waals surface area contributed by atoms with E-state index in [1.165, 1.54) is 5.56 Å². The number of carbonyl (C=O) groups excluding carboxylic acids is 2. The number of ether oxygens (including phenoxy) is 1. The van der Waals surface area contributed by atoms with Gasteiger partial charge in [0.05, 0.1) is 6.61 Å². The van der Waals surface area contributed by atoms with Gasteiger partial charge in [-0.2, -0.15) is 0 Å². The van der Waals surface area contributed by atoms with Gasteiger partial charge in [-0.15, -0.1) is 0 Å². The molecule has 3 heterocycles. The zero-order valence-electron chi connectivity index (χ0n) is 21.6. The van der Waals surface area contributed by atoms with Gasteiger partial charge in [-0.1, -0.05) is 44.2 Å². The molecule has 2 atom stereocenters. The third kappa shape index (κ3) is 4.39. The van der Waals surface area contributed by atoms with Crippen molar-refractivity contribution in [1.82, 2.24) is 15.1 Å². The Hall–Kier alpha value is -2.34. The van der Waals surface area contributed by atoms with Gasteiger partial charge in [0.2, 0.25) is 0 Å². The summed E-state index contributed by atoms with van der Waals surface area (Å²) in [6, 6.07) is 9.93. The van der Waals surface area contributed by atoms with Gasteiger partial charge < -0.3 is 19.9 Å². The monoisotopic (exact) mass is 479 g/mol. The van der Waals surface area contributed by atoms with Crippen molar-refractivity contribution in [2.45, 2.75) is 102 Å². The Morgan fingerprint density at radius 3 is 2.31 bits per heavy atom. The first-order valence-electron chi connectivity index (χ1n) is 13.8. The molecule has 4 aliphatic rings. The minimum atomic E-state index is -0.122. The number of benzene rings is 1. The van der Waals surface area contributed by atoms with Gasteiger partial charge >= 0.3 is 6.09 Å². The maximum atomic E-state index is 13.3. The predicted molar refractivity (Wildman–Crippen MR) is 138 cm³/mol. The predicted octanol–water partition coefficient (Wildman–Crippen LogP) is 4.87. The first-order valence-corrected chi connectivity index (χ1v) is 13.8. The minimum Gasteiger partial charge on any atom is -0.450 e. The second kappa shape index (κ2) is 9.96. The van der Waals surface area contributed by atoms with Crippen LogP contribution >= 0.6 is 0 Å². The van der Waals surface area contributed by atoms with Crippen LogP contribution in [0.1, 0.15) is 83.3 Å². The molecule has 0 saturated carbocycles. The molecule has 0 radical (unpaired) electrons. The van der Waals surface area contributed by atoms with E-state index < -0.39 is 0 Å². The van der Waals surface area contributed by atoms with Gasteiger partial charge in [0, 0.05) is 35.2 Å². The maximum absolute atomic E-state index is 13.3. The molecule has 1 aliphatic carbocycles. The molecule has 190 valence electrons. The maximum Gasteiger partial charge on any atom is 0.410 e. The molecule has 1 aromatic carbocycles. The average molecular weight is 480 g/mol. The lowest BCUT2D eigenvalue weighted by molar-refractivity contribution is -0.116. The van der Waals surface area contributed by atoms with E-state index in [2.05, 4.69) is 54.4 Å². The summed E-state index contributed by atoms with van der Waals surface area (Å²) in [6.45, 7) is 8.66. The molecule has 2 amide bonds. The Kier molecular flexibility index (Phi) is 6.93. The van der Waals surface area contributed by atoms with Gasteiger partial charge in [0.1, 0.15) is 0 Å². The molecule has 6 nitrogen and oxygen atoms in total. The number of nitrogens with one attached hydrogen (secondary N) is 1. The fourth-order valence-corrected chi connectivity index (χ4v) is 7.17. The van der Waals surface area contributed by atoms with Crippen LogP contribution in [0.15, 0.2) is 30.3 Å². The van der Waals surface area contributed by atoms with Crippen LogP contribution in [-0.2, 0) is 14.9 Å². The Labute approximate surface area is 210 Å². The molecule has 3 saturated heterocycles. The van der Waals surface area contributed by atoms with Crippen molar-refractivity contribution in [2.24, 2.45) is 0 Å². The van der Waals surface area contributed by atoms with Gasteiger partial charge in [0.25, 0.3) is 5.91 Å². The van der Waals surface area contributed by atoms with E-state index in [9.17, 15) is 9.59 Å². The molecule has 3 fully saturated rings. The van der Waals surface area contributed by atoms with Crippen LogP contribution in [0.4, 0.5) is 4.79 Å². The van der Waals surface area contributed by atoms with E-state index >= 15 is 0 Å². The Bertz CT molecular complexity index is 963. The molecule has 6 heteroatoms. The first kappa shape index (κ1) is 24.4. The fourth-order valence-electron chi connectivity index (χ4n) is 7.17. The minimum absolute atomic E-state index is 0.0433. The highest BCUT2D eigenvalue weighted by atomic mass is 16.6. The van der Waals surface area contributed by atoms with Crippen molar-refractivity contribution in [3.05, 3.63) is 41.5 Å². The van der Waals surface area contributed by atoms with Crippen LogP contribution in [0.3, 0.4) is 0 Å². The summed E-state index contributed by atoms with van der Waals surface area (Å²) in [4.78, 5) is 30.4. The van der Waals surface area contributed by atoms with E-state index in [0.29, 0.717) is 24.7 Å². The summed E-state index contributed by atoms with van der Waals surface area (Å²) < 4.78 is 5.34. The van der Waals surface area contributed by atoms with Crippen molar-refractivity contribution in [2.75, 3.05) is 19.7 Å². The third-order valence-corrected chi connectivity index (χ3v) is 9.13. The van der Waals surface area contributed by atoms with Gasteiger partial charge in [-0.3, -0.25) is 4.79 Å². The number of allylic oxidation sites excluding steroid dienone is 1. The fraction of sp³-hybridized carbons (Fsp3) is 0.655. The van der Waals surface area contributed by atoms with Crippen LogP contribution in [0.25, 0.3) is 5.57 Å². The number of hydrogen-bond donors (Lipinski definition) is 1. The lowest BCUT2D eigenvalue weighted by Gasteiger charge is -2.47. The number of hydrogen-bond acceptors (Lipinski definition) is 4. The number of nitrogens with zero attached hydrogens (tertiary/aromatic N) is 2. The van der Waals surface area contributed by atoms with E-state index in [0.717, 1.165) is 75.6 Å². The van der Waals surface area contributed by atoms with Crippen molar-refractivity contribution in [1.29, 1.82) is 0 Å². The topological polar surface area (TPSA) is 61.9 Å². The number of amides is 2. The zero-order valence-corrected chi connectivity index (χ0v) is 21.6. The molecule has 3 aliphatic heterocycles. The normalized spacial score (nSPS) is 27.1. The lowest BCUT2D eigenvalue weighted by Crippen LogP contribution is -2.55. The average Bonchev–Trinajstić information content (AvgIpc) is 3.34. The second-order valence-corrected chi connectivity index (χ2v) is 10.9. The molecule has 2 unspecified atom stereocenters. The summed E-state index contributed by atoms with van der Waals surface area (Å²) in [5, 5.41) is 3.26. The third-order valence-electron chi connectivity index (χ3n) is 9.13. The number of carbonyl (C=O) groups is 2. The van der Waals surface area contributed by atoms with E-state index in [4.69, 9.17) is 4.74 Å². The van der Waals surface area contributed by atoms with Crippen LogP contribution in [0, 0.1) is 0 Å². The van der Waals surface area contributed by atoms with E-state index in [1.54, 1.807) is 0 Å². The van der Waals surface area contributed by atoms with Gasteiger partial charge in [-0.05, 0) is 82.5 Å².